The topological polar surface area (TPSA) is 42.4 Å². The minimum absolute atomic E-state index is 0.151. The third-order valence-corrected chi connectivity index (χ3v) is 4.27. The largest absolute Gasteiger partial charge is 0.444 e. The Labute approximate surface area is 132 Å². The van der Waals surface area contributed by atoms with Gasteiger partial charge < -0.3 is 4.74 Å². The summed E-state index contributed by atoms with van der Waals surface area (Å²) in [5, 5.41) is 0. The van der Waals surface area contributed by atoms with Crippen LogP contribution in [0.4, 0.5) is 4.79 Å². The van der Waals surface area contributed by atoms with Crippen molar-refractivity contribution in [2.75, 3.05) is 0 Å². The van der Waals surface area contributed by atoms with Crippen molar-refractivity contribution >= 4 is 11.7 Å². The Morgan fingerprint density at radius 2 is 2.18 bits per heavy atom. The van der Waals surface area contributed by atoms with Crippen LogP contribution in [0, 0.1) is 0 Å². The molecule has 4 nitrogen and oxygen atoms in total. The van der Waals surface area contributed by atoms with Crippen LogP contribution < -0.4 is 0 Å². The molecule has 1 saturated heterocycles. The van der Waals surface area contributed by atoms with Crippen LogP contribution in [0.25, 0.3) is 5.57 Å². The molecule has 1 aromatic heterocycles. The van der Waals surface area contributed by atoms with Crippen molar-refractivity contribution in [2.24, 2.45) is 0 Å². The number of amides is 1. The number of nitrogens with zero attached hydrogens (tertiary/aromatic N) is 2. The zero-order valence-corrected chi connectivity index (χ0v) is 13.6. The second kappa shape index (κ2) is 5.75. The number of rotatable bonds is 1. The number of carbonyl (C=O) groups excluding carboxylic acids is 1. The Morgan fingerprint density at radius 3 is 2.82 bits per heavy atom. The lowest BCUT2D eigenvalue weighted by Crippen LogP contribution is -2.53. The van der Waals surface area contributed by atoms with Gasteiger partial charge in [0.15, 0.2) is 0 Å². The molecular formula is C18H24N2O2. The molecule has 0 unspecified atom stereocenters. The number of pyridine rings is 1. The standard InChI is InChI=1S/C18H24N2O2/c1-18(2,3)22-17(21)20-15-7-4-8-16(20)11-14(10-15)13-6-5-9-19-12-13/h5-6,9-10,12,15-16H,4,7-8,11H2,1-3H3/t15-,16+/m0/s1. The van der Waals surface area contributed by atoms with Gasteiger partial charge in [-0.2, -0.15) is 0 Å². The van der Waals surface area contributed by atoms with Crippen molar-refractivity contribution in [2.45, 2.75) is 64.1 Å². The molecule has 0 aromatic carbocycles. The molecule has 0 saturated carbocycles. The molecule has 0 radical (unpaired) electrons. The molecular weight excluding hydrogens is 276 g/mol. The smallest absolute Gasteiger partial charge is 0.411 e. The quantitative estimate of drug-likeness (QED) is 0.786. The first-order chi connectivity index (χ1) is 10.4. The van der Waals surface area contributed by atoms with Gasteiger partial charge in [0, 0.05) is 18.4 Å². The lowest BCUT2D eigenvalue weighted by molar-refractivity contribution is 0.0000858. The first-order valence-electron chi connectivity index (χ1n) is 8.06. The number of fused-ring (bicyclic) bond motifs is 2. The molecule has 2 bridgehead atoms. The third-order valence-electron chi connectivity index (χ3n) is 4.27. The monoisotopic (exact) mass is 300 g/mol. The van der Waals surface area contributed by atoms with Gasteiger partial charge in [0.2, 0.25) is 0 Å². The van der Waals surface area contributed by atoms with Crippen LogP contribution >= 0.6 is 0 Å². The Morgan fingerprint density at radius 1 is 1.36 bits per heavy atom. The highest BCUT2D eigenvalue weighted by Crippen LogP contribution is 2.37. The summed E-state index contributed by atoms with van der Waals surface area (Å²) in [6, 6.07) is 4.45. The molecule has 0 N–H and O–H groups in total. The Balaban J connectivity index is 1.84. The van der Waals surface area contributed by atoms with Crippen molar-refractivity contribution in [1.82, 2.24) is 9.88 Å². The van der Waals surface area contributed by atoms with Crippen molar-refractivity contribution in [1.29, 1.82) is 0 Å². The van der Waals surface area contributed by atoms with E-state index in [2.05, 4.69) is 17.1 Å². The predicted octanol–water partition coefficient (Wildman–Crippen LogP) is 4.03. The molecule has 118 valence electrons. The van der Waals surface area contributed by atoms with Crippen LogP contribution in [-0.2, 0) is 4.74 Å². The van der Waals surface area contributed by atoms with Crippen LogP contribution in [0.2, 0.25) is 0 Å². The van der Waals surface area contributed by atoms with Gasteiger partial charge in [-0.15, -0.1) is 0 Å². The summed E-state index contributed by atoms with van der Waals surface area (Å²) in [5.41, 5.74) is 2.03. The van der Waals surface area contributed by atoms with Crippen LogP contribution in [0.1, 0.15) is 52.0 Å². The van der Waals surface area contributed by atoms with Gasteiger partial charge in [-0.3, -0.25) is 9.88 Å². The zero-order chi connectivity index (χ0) is 15.7. The molecule has 1 aromatic rings. The first-order valence-corrected chi connectivity index (χ1v) is 8.06. The van der Waals surface area contributed by atoms with Crippen molar-refractivity contribution < 1.29 is 9.53 Å². The van der Waals surface area contributed by atoms with E-state index in [0.717, 1.165) is 19.3 Å². The summed E-state index contributed by atoms with van der Waals surface area (Å²) in [4.78, 5) is 18.7. The average Bonchev–Trinajstić information content (AvgIpc) is 2.45. The summed E-state index contributed by atoms with van der Waals surface area (Å²) in [6.07, 6.45) is 9.88. The minimum Gasteiger partial charge on any atom is -0.444 e. The number of hydrogen-bond donors (Lipinski definition) is 0. The highest BCUT2D eigenvalue weighted by molar-refractivity contribution is 5.74. The fourth-order valence-electron chi connectivity index (χ4n) is 3.40. The van der Waals surface area contributed by atoms with Gasteiger partial charge in [-0.1, -0.05) is 12.1 Å². The maximum Gasteiger partial charge on any atom is 0.411 e. The van der Waals surface area contributed by atoms with E-state index in [-0.39, 0.29) is 18.2 Å². The van der Waals surface area contributed by atoms with Crippen molar-refractivity contribution in [3.8, 4) is 0 Å². The van der Waals surface area contributed by atoms with Crippen LogP contribution in [0.3, 0.4) is 0 Å². The fourth-order valence-corrected chi connectivity index (χ4v) is 3.40. The van der Waals surface area contributed by atoms with Crippen LogP contribution in [0.15, 0.2) is 30.6 Å². The van der Waals surface area contributed by atoms with Gasteiger partial charge in [-0.05, 0) is 63.7 Å². The average molecular weight is 300 g/mol. The van der Waals surface area contributed by atoms with Gasteiger partial charge >= 0.3 is 6.09 Å². The van der Waals surface area contributed by atoms with E-state index >= 15 is 0 Å². The molecule has 0 aliphatic carbocycles. The van der Waals surface area contributed by atoms with Gasteiger partial charge in [0.05, 0.1) is 6.04 Å². The van der Waals surface area contributed by atoms with E-state index in [9.17, 15) is 4.79 Å². The molecule has 3 rings (SSSR count). The maximum atomic E-state index is 12.5. The molecule has 1 fully saturated rings. The SMILES string of the molecule is CC(C)(C)OC(=O)N1[C@@H]2CCC[C@H]1C=C(c1cccnc1)C2. The predicted molar refractivity (Wildman–Crippen MR) is 86.3 cm³/mol. The summed E-state index contributed by atoms with van der Waals surface area (Å²) < 4.78 is 5.60. The summed E-state index contributed by atoms with van der Waals surface area (Å²) in [6.45, 7) is 5.75. The second-order valence-corrected chi connectivity index (χ2v) is 7.18. The lowest BCUT2D eigenvalue weighted by Gasteiger charge is -2.45. The van der Waals surface area contributed by atoms with E-state index in [1.165, 1.54) is 17.6 Å². The summed E-state index contributed by atoms with van der Waals surface area (Å²) >= 11 is 0. The van der Waals surface area contributed by atoms with Crippen LogP contribution in [-0.4, -0.2) is 33.7 Å². The first kappa shape index (κ1) is 15.1. The molecule has 2 aliphatic rings. The highest BCUT2D eigenvalue weighted by Gasteiger charge is 2.39. The number of hydrogen-bond acceptors (Lipinski definition) is 3. The Bertz CT molecular complexity index is 574. The van der Waals surface area contributed by atoms with E-state index in [1.807, 2.05) is 37.9 Å². The summed E-state index contributed by atoms with van der Waals surface area (Å²) in [7, 11) is 0. The number of carbonyl (C=O) groups is 1. The van der Waals surface area contributed by atoms with Gasteiger partial charge in [0.1, 0.15) is 5.60 Å². The van der Waals surface area contributed by atoms with Gasteiger partial charge in [-0.25, -0.2) is 4.79 Å². The van der Waals surface area contributed by atoms with Crippen molar-refractivity contribution in [3.05, 3.63) is 36.2 Å². The minimum atomic E-state index is -0.446. The normalized spacial score (nSPS) is 24.7. The van der Waals surface area contributed by atoms with E-state index in [4.69, 9.17) is 4.74 Å². The fraction of sp³-hybridized carbons (Fsp3) is 0.556. The van der Waals surface area contributed by atoms with E-state index in [0.29, 0.717) is 0 Å². The van der Waals surface area contributed by atoms with Crippen molar-refractivity contribution in [3.63, 3.8) is 0 Å². The number of aromatic nitrogens is 1. The molecule has 4 heteroatoms. The lowest BCUT2D eigenvalue weighted by atomic mass is 9.83. The second-order valence-electron chi connectivity index (χ2n) is 7.18. The Kier molecular flexibility index (Phi) is 3.94. The molecule has 3 heterocycles. The molecule has 22 heavy (non-hydrogen) atoms. The molecule has 2 atom stereocenters. The number of piperidine rings is 1. The molecule has 2 aliphatic heterocycles. The van der Waals surface area contributed by atoms with E-state index < -0.39 is 5.60 Å². The molecule has 0 spiro atoms. The van der Waals surface area contributed by atoms with E-state index in [1.54, 1.807) is 6.20 Å². The zero-order valence-electron chi connectivity index (χ0n) is 13.6. The third kappa shape index (κ3) is 3.16. The Hall–Kier alpha value is -1.84. The molecule has 1 amide bonds. The van der Waals surface area contributed by atoms with Gasteiger partial charge in [0.25, 0.3) is 0 Å². The summed E-state index contributed by atoms with van der Waals surface area (Å²) in [5.74, 6) is 0. The highest BCUT2D eigenvalue weighted by atomic mass is 16.6. The van der Waals surface area contributed by atoms with Crippen LogP contribution in [0.5, 0.6) is 0 Å². The maximum absolute atomic E-state index is 12.5. The number of ether oxygens (including phenoxy) is 1.